The van der Waals surface area contributed by atoms with E-state index in [1.165, 1.54) is 25.3 Å². The molecule has 2 aliphatic heterocycles. The van der Waals surface area contributed by atoms with Crippen LogP contribution in [-0.2, 0) is 0 Å². The van der Waals surface area contributed by atoms with Gasteiger partial charge in [-0.15, -0.1) is 11.3 Å². The van der Waals surface area contributed by atoms with E-state index in [-0.39, 0.29) is 10.8 Å². The standard InChI is InChI=1S/C15H20N2O3S/c1-10-4-2-3-7-17(10)11-8-16(9-11)14(18)12-5-6-13(21-12)15(19)20/h5-6,10-11H,2-4,7-9H2,1H3,(H,19,20)/t10-/m1/s1. The van der Waals surface area contributed by atoms with Crippen molar-refractivity contribution in [1.29, 1.82) is 0 Å². The van der Waals surface area contributed by atoms with E-state index >= 15 is 0 Å². The molecule has 1 aromatic heterocycles. The topological polar surface area (TPSA) is 60.9 Å². The van der Waals surface area contributed by atoms with Crippen molar-refractivity contribution >= 4 is 23.2 Å². The van der Waals surface area contributed by atoms with Gasteiger partial charge in [0.25, 0.3) is 5.91 Å². The number of carbonyl (C=O) groups excluding carboxylic acids is 1. The summed E-state index contributed by atoms with van der Waals surface area (Å²) in [5.41, 5.74) is 0. The number of likely N-dealkylation sites (tertiary alicyclic amines) is 2. The maximum Gasteiger partial charge on any atom is 0.345 e. The number of piperidine rings is 1. The highest BCUT2D eigenvalue weighted by Crippen LogP contribution is 2.27. The highest BCUT2D eigenvalue weighted by Gasteiger charge is 2.38. The van der Waals surface area contributed by atoms with Crippen LogP contribution >= 0.6 is 11.3 Å². The van der Waals surface area contributed by atoms with E-state index in [1.54, 1.807) is 6.07 Å². The number of hydrogen-bond acceptors (Lipinski definition) is 4. The molecule has 1 atom stereocenters. The van der Waals surface area contributed by atoms with Gasteiger partial charge in [-0.05, 0) is 38.4 Å². The number of amides is 1. The first-order chi connectivity index (χ1) is 10.1. The van der Waals surface area contributed by atoms with Crippen molar-refractivity contribution in [2.45, 2.75) is 38.3 Å². The summed E-state index contributed by atoms with van der Waals surface area (Å²) in [4.78, 5) is 28.3. The number of hydrogen-bond donors (Lipinski definition) is 1. The fraction of sp³-hybridized carbons (Fsp3) is 0.600. The molecule has 0 radical (unpaired) electrons. The van der Waals surface area contributed by atoms with Gasteiger partial charge in [0.05, 0.1) is 4.88 Å². The van der Waals surface area contributed by atoms with Crippen LogP contribution in [-0.4, -0.2) is 58.5 Å². The number of thiophene rings is 1. The smallest absolute Gasteiger partial charge is 0.345 e. The van der Waals surface area contributed by atoms with Gasteiger partial charge < -0.3 is 10.0 Å². The van der Waals surface area contributed by atoms with Gasteiger partial charge in [-0.25, -0.2) is 4.79 Å². The summed E-state index contributed by atoms with van der Waals surface area (Å²) in [6.45, 7) is 4.94. The molecular weight excluding hydrogens is 288 g/mol. The quantitative estimate of drug-likeness (QED) is 0.929. The molecule has 0 unspecified atom stereocenters. The van der Waals surface area contributed by atoms with Crippen molar-refractivity contribution < 1.29 is 14.7 Å². The summed E-state index contributed by atoms with van der Waals surface area (Å²) in [6, 6.07) is 4.21. The average molecular weight is 308 g/mol. The number of aromatic carboxylic acids is 1. The molecule has 0 aliphatic carbocycles. The normalized spacial score (nSPS) is 23.9. The molecule has 5 nitrogen and oxygen atoms in total. The number of nitrogens with zero attached hydrogens (tertiary/aromatic N) is 2. The van der Waals surface area contributed by atoms with Crippen LogP contribution in [0.15, 0.2) is 12.1 Å². The lowest BCUT2D eigenvalue weighted by Gasteiger charge is -2.49. The Kier molecular flexibility index (Phi) is 3.99. The molecule has 0 spiro atoms. The van der Waals surface area contributed by atoms with Crippen LogP contribution in [0.25, 0.3) is 0 Å². The lowest BCUT2D eigenvalue weighted by atomic mass is 9.97. The second kappa shape index (κ2) is 5.77. The Labute approximate surface area is 128 Å². The predicted molar refractivity (Wildman–Crippen MR) is 81.0 cm³/mol. The van der Waals surface area contributed by atoms with Gasteiger partial charge in [0.15, 0.2) is 0 Å². The second-order valence-electron chi connectivity index (χ2n) is 5.92. The van der Waals surface area contributed by atoms with Crippen molar-refractivity contribution in [1.82, 2.24) is 9.80 Å². The van der Waals surface area contributed by atoms with E-state index in [9.17, 15) is 9.59 Å². The van der Waals surface area contributed by atoms with Gasteiger partial charge in [-0.3, -0.25) is 9.69 Å². The molecule has 3 heterocycles. The van der Waals surface area contributed by atoms with Crippen molar-refractivity contribution in [3.05, 3.63) is 21.9 Å². The van der Waals surface area contributed by atoms with Gasteiger partial charge in [-0.1, -0.05) is 6.42 Å². The maximum absolute atomic E-state index is 12.3. The van der Waals surface area contributed by atoms with Crippen molar-refractivity contribution in [2.24, 2.45) is 0 Å². The molecule has 1 N–H and O–H groups in total. The van der Waals surface area contributed by atoms with Crippen LogP contribution in [0.4, 0.5) is 0 Å². The van der Waals surface area contributed by atoms with E-state index in [1.807, 2.05) is 4.90 Å². The summed E-state index contributed by atoms with van der Waals surface area (Å²) < 4.78 is 0. The Hall–Kier alpha value is -1.40. The number of rotatable bonds is 3. The first-order valence-corrected chi connectivity index (χ1v) is 8.26. The minimum absolute atomic E-state index is 0.0339. The van der Waals surface area contributed by atoms with Gasteiger partial charge >= 0.3 is 5.97 Å². The molecule has 2 aliphatic rings. The van der Waals surface area contributed by atoms with Crippen molar-refractivity contribution in [3.8, 4) is 0 Å². The minimum atomic E-state index is -0.970. The Morgan fingerprint density at radius 3 is 2.57 bits per heavy atom. The third-order valence-corrected chi connectivity index (χ3v) is 5.56. The van der Waals surface area contributed by atoms with Crippen LogP contribution in [0.5, 0.6) is 0 Å². The molecule has 1 aromatic rings. The van der Waals surface area contributed by atoms with Gasteiger partial charge in [-0.2, -0.15) is 0 Å². The zero-order chi connectivity index (χ0) is 15.0. The molecule has 1 amide bonds. The molecule has 114 valence electrons. The minimum Gasteiger partial charge on any atom is -0.477 e. The molecule has 21 heavy (non-hydrogen) atoms. The number of carboxylic acids is 1. The molecule has 2 saturated heterocycles. The molecule has 0 aromatic carbocycles. The monoisotopic (exact) mass is 308 g/mol. The third kappa shape index (κ3) is 2.82. The van der Waals surface area contributed by atoms with E-state index in [0.29, 0.717) is 17.0 Å². The Bertz CT molecular complexity index is 551. The van der Waals surface area contributed by atoms with E-state index in [4.69, 9.17) is 5.11 Å². The molecule has 2 fully saturated rings. The van der Waals surface area contributed by atoms with Crippen molar-refractivity contribution in [2.75, 3.05) is 19.6 Å². The SMILES string of the molecule is C[C@@H]1CCCCN1C1CN(C(=O)c2ccc(C(=O)O)s2)C1. The van der Waals surface area contributed by atoms with Gasteiger partial charge in [0.2, 0.25) is 0 Å². The predicted octanol–water partition coefficient (Wildman–Crippen LogP) is 2.15. The summed E-state index contributed by atoms with van der Waals surface area (Å²) in [5, 5.41) is 8.91. The van der Waals surface area contributed by atoms with Gasteiger partial charge in [0.1, 0.15) is 4.88 Å². The number of carbonyl (C=O) groups is 2. The van der Waals surface area contributed by atoms with Crippen LogP contribution in [0.2, 0.25) is 0 Å². The van der Waals surface area contributed by atoms with Crippen LogP contribution < -0.4 is 0 Å². The van der Waals surface area contributed by atoms with Gasteiger partial charge in [0, 0.05) is 25.2 Å². The fourth-order valence-corrected chi connectivity index (χ4v) is 4.03. The molecular formula is C15H20N2O3S. The lowest BCUT2D eigenvalue weighted by molar-refractivity contribution is 0.00240. The highest BCUT2D eigenvalue weighted by molar-refractivity contribution is 7.15. The highest BCUT2D eigenvalue weighted by atomic mass is 32.1. The third-order valence-electron chi connectivity index (χ3n) is 4.50. The fourth-order valence-electron chi connectivity index (χ4n) is 3.22. The molecule has 0 bridgehead atoms. The van der Waals surface area contributed by atoms with Crippen LogP contribution in [0, 0.1) is 0 Å². The summed E-state index contributed by atoms with van der Waals surface area (Å²) >= 11 is 1.06. The maximum atomic E-state index is 12.3. The first kappa shape index (κ1) is 14.5. The second-order valence-corrected chi connectivity index (χ2v) is 7.00. The average Bonchev–Trinajstić information content (AvgIpc) is 2.89. The lowest BCUT2D eigenvalue weighted by Crippen LogP contribution is -2.63. The summed E-state index contributed by atoms with van der Waals surface area (Å²) in [7, 11) is 0. The molecule has 0 saturated carbocycles. The number of carboxylic acid groups (broad SMARTS) is 1. The largest absolute Gasteiger partial charge is 0.477 e. The molecule has 6 heteroatoms. The molecule has 3 rings (SSSR count). The summed E-state index contributed by atoms with van der Waals surface area (Å²) in [5.74, 6) is -1.00. The first-order valence-electron chi connectivity index (χ1n) is 7.44. The van der Waals surface area contributed by atoms with E-state index in [2.05, 4.69) is 11.8 Å². The van der Waals surface area contributed by atoms with E-state index < -0.39 is 5.97 Å². The zero-order valence-electron chi connectivity index (χ0n) is 12.1. The summed E-state index contributed by atoms with van der Waals surface area (Å²) in [6.07, 6.45) is 3.80. The zero-order valence-corrected chi connectivity index (χ0v) is 12.9. The van der Waals surface area contributed by atoms with Crippen LogP contribution in [0.3, 0.4) is 0 Å². The Morgan fingerprint density at radius 2 is 1.95 bits per heavy atom. The Morgan fingerprint density at radius 1 is 1.24 bits per heavy atom. The van der Waals surface area contributed by atoms with E-state index in [0.717, 1.165) is 31.0 Å². The van der Waals surface area contributed by atoms with Crippen LogP contribution in [0.1, 0.15) is 45.5 Å². The van der Waals surface area contributed by atoms with Crippen molar-refractivity contribution in [3.63, 3.8) is 0 Å². The Balaban J connectivity index is 1.57.